The maximum atomic E-state index is 13.8. The molecule has 0 unspecified atom stereocenters. The minimum Gasteiger partial charge on any atom is -0.493 e. The van der Waals surface area contributed by atoms with Gasteiger partial charge in [-0.15, -0.1) is 0 Å². The number of carboxylic acids is 1. The number of likely N-dealkylation sites (tertiary alicyclic amines) is 1. The molecule has 4 aliphatic rings. The summed E-state index contributed by atoms with van der Waals surface area (Å²) in [6.07, 6.45) is 1.77. The zero-order chi connectivity index (χ0) is 38.1. The lowest BCUT2D eigenvalue weighted by Gasteiger charge is -2.61. The molecule has 7 N–H and O–H groups in total. The first-order chi connectivity index (χ1) is 24.5. The largest absolute Gasteiger partial charge is 0.493 e. The molecule has 1 saturated heterocycles. The number of nitrogens with two attached hydrogens (primary N) is 2. The highest BCUT2D eigenvalue weighted by molar-refractivity contribution is 5.92. The quantitative estimate of drug-likeness (QED) is 0.0889. The maximum absolute atomic E-state index is 13.8. The van der Waals surface area contributed by atoms with Gasteiger partial charge < -0.3 is 60.7 Å². The van der Waals surface area contributed by atoms with Crippen LogP contribution in [0, 0.1) is 5.92 Å². The second-order valence-electron chi connectivity index (χ2n) is 14.2. The van der Waals surface area contributed by atoms with Gasteiger partial charge in [-0.1, -0.05) is 6.07 Å². The molecule has 1 spiro atoms. The van der Waals surface area contributed by atoms with Crippen LogP contribution in [0.1, 0.15) is 50.2 Å². The highest BCUT2D eigenvalue weighted by Crippen LogP contribution is 2.65. The number of aliphatic hydroxyl groups is 1. The number of aliphatic imine (C=N–C) groups is 1. The monoisotopic (exact) mass is 727 g/mol. The van der Waals surface area contributed by atoms with Gasteiger partial charge in [0.25, 0.3) is 0 Å². The molecule has 1 fully saturated rings. The summed E-state index contributed by atoms with van der Waals surface area (Å²) in [4.78, 5) is 72.3. The molecule has 2 bridgehead atoms. The number of piperidine rings is 1. The normalized spacial score (nSPS) is 24.9. The molecule has 6 atom stereocenters. The van der Waals surface area contributed by atoms with E-state index in [0.717, 1.165) is 20.9 Å². The van der Waals surface area contributed by atoms with Gasteiger partial charge in [-0.2, -0.15) is 0 Å². The number of Topliss-reactive ketones (excluding diaryl/α,β-unsaturated/α-hetero) is 1. The van der Waals surface area contributed by atoms with Gasteiger partial charge in [0.1, 0.15) is 24.1 Å². The van der Waals surface area contributed by atoms with E-state index in [0.29, 0.717) is 37.3 Å². The molecule has 2 heterocycles. The van der Waals surface area contributed by atoms with Crippen LogP contribution in [0.2, 0.25) is 0 Å². The molecule has 0 aromatic heterocycles. The lowest BCUT2D eigenvalue weighted by Crippen LogP contribution is -2.74. The van der Waals surface area contributed by atoms with Crippen LogP contribution in [-0.4, -0.2) is 139 Å². The second-order valence-corrected chi connectivity index (χ2v) is 14.2. The predicted octanol–water partition coefficient (Wildman–Crippen LogP) is -0.282. The van der Waals surface area contributed by atoms with Crippen LogP contribution in [0.3, 0.4) is 0 Å². The van der Waals surface area contributed by atoms with Gasteiger partial charge in [0.15, 0.2) is 23.6 Å². The summed E-state index contributed by atoms with van der Waals surface area (Å²) in [6, 6.07) is 2.24. The smallest absolute Gasteiger partial charge is 0.414 e. The second kappa shape index (κ2) is 15.0. The number of nitrogens with zero attached hydrogens (tertiary/aromatic N) is 4. The van der Waals surface area contributed by atoms with Gasteiger partial charge in [0, 0.05) is 51.0 Å². The van der Waals surface area contributed by atoms with E-state index >= 15 is 0 Å². The number of ether oxygens (including phenoxy) is 3. The van der Waals surface area contributed by atoms with E-state index < -0.39 is 66.0 Å². The zero-order valence-electron chi connectivity index (χ0n) is 30.2. The fraction of sp³-hybridized carbons (Fsp3) is 0.600. The third-order valence-corrected chi connectivity index (χ3v) is 10.8. The Labute approximate surface area is 301 Å². The Morgan fingerprint density at radius 2 is 1.92 bits per heavy atom. The van der Waals surface area contributed by atoms with E-state index in [9.17, 15) is 34.2 Å². The van der Waals surface area contributed by atoms with Gasteiger partial charge in [-0.25, -0.2) is 4.79 Å². The molecule has 284 valence electrons. The van der Waals surface area contributed by atoms with Crippen molar-refractivity contribution in [3.8, 4) is 11.5 Å². The number of carbonyl (C=O) groups is 5. The predicted molar refractivity (Wildman–Crippen MR) is 186 cm³/mol. The summed E-state index contributed by atoms with van der Waals surface area (Å²) >= 11 is 0. The molecule has 0 saturated carbocycles. The van der Waals surface area contributed by atoms with Gasteiger partial charge in [-0.05, 0) is 63.9 Å². The average Bonchev–Trinajstić information content (AvgIpc) is 3.43. The van der Waals surface area contributed by atoms with E-state index in [1.54, 1.807) is 13.2 Å². The highest BCUT2D eigenvalue weighted by Gasteiger charge is 2.72. The van der Waals surface area contributed by atoms with Crippen LogP contribution in [-0.2, 0) is 35.8 Å². The molecule has 17 nitrogen and oxygen atoms in total. The Kier molecular flexibility index (Phi) is 11.0. The maximum Gasteiger partial charge on any atom is 0.414 e. The van der Waals surface area contributed by atoms with Crippen LogP contribution in [0.15, 0.2) is 29.0 Å². The fourth-order valence-corrected chi connectivity index (χ4v) is 8.36. The Bertz CT molecular complexity index is 1680. The van der Waals surface area contributed by atoms with Crippen molar-refractivity contribution in [3.05, 3.63) is 35.1 Å². The molecular weight excluding hydrogens is 678 g/mol. The van der Waals surface area contributed by atoms with Crippen molar-refractivity contribution in [3.63, 3.8) is 0 Å². The molecule has 5 rings (SSSR count). The van der Waals surface area contributed by atoms with E-state index in [-0.39, 0.29) is 49.4 Å². The van der Waals surface area contributed by atoms with Crippen LogP contribution in [0.4, 0.5) is 4.79 Å². The molecular formula is C35H49N7O10. The number of hydrogen-bond acceptors (Lipinski definition) is 11. The van der Waals surface area contributed by atoms with Crippen molar-refractivity contribution >= 4 is 35.6 Å². The van der Waals surface area contributed by atoms with Crippen molar-refractivity contribution in [2.75, 3.05) is 54.4 Å². The number of benzene rings is 1. The summed E-state index contributed by atoms with van der Waals surface area (Å²) < 4.78 is 18.2. The average molecular weight is 728 g/mol. The number of carboxylic acid groups (broad SMARTS) is 1. The van der Waals surface area contributed by atoms with Crippen LogP contribution in [0.25, 0.3) is 0 Å². The van der Waals surface area contributed by atoms with Gasteiger partial charge in [0.2, 0.25) is 11.8 Å². The van der Waals surface area contributed by atoms with E-state index in [1.165, 1.54) is 21.0 Å². The lowest BCUT2D eigenvalue weighted by atomic mass is 9.50. The first-order valence-corrected chi connectivity index (χ1v) is 17.3. The number of methoxy groups -OCH3 is 1. The van der Waals surface area contributed by atoms with Crippen LogP contribution >= 0.6 is 0 Å². The SMILES string of the molecule is COc1ccc2c3c1O[C@H]1C(OC(=O)N(C)C[C@H](NC(=O)[C@H](CCCN=C(N)N)CC(C)=O)C(=O)N(C)CC(=O)O)=CC[C@@]4(O)[C@@H](C2)N(C)CC[C@]314. The number of guanidine groups is 1. The number of rotatable bonds is 15. The van der Waals surface area contributed by atoms with Gasteiger partial charge >= 0.3 is 12.1 Å². The minimum absolute atomic E-state index is 0.114. The fourth-order valence-electron chi connectivity index (χ4n) is 8.36. The minimum atomic E-state index is -1.39. The highest BCUT2D eigenvalue weighted by atomic mass is 16.6. The molecule has 0 radical (unpaired) electrons. The number of amides is 3. The van der Waals surface area contributed by atoms with Crippen LogP contribution in [0.5, 0.6) is 11.5 Å². The number of likely N-dealkylation sites (N-methyl/N-ethyl adjacent to an activating group) is 3. The Hall–Kier alpha value is -4.90. The molecule has 1 aromatic carbocycles. The van der Waals surface area contributed by atoms with Crippen molar-refractivity contribution < 1.29 is 48.4 Å². The standard InChI is InChI=1S/C35H49N7O10/c1-19(43)15-21(7-6-13-38-32(36)37)30(46)39-22(31(47)41(3)18-26(44)45)17-42(4)33(48)51-24-10-11-35(49)25-16-20-8-9-23(50-5)28-27(20)34(35,29(24)52-28)12-14-40(25)2/h8-10,21-22,25,29,49H,6-7,11-18H2,1-5H3,(H,39,46)(H,44,45)(H4,36,37,38)/t21-,22+,25-,29+,34+,35-/m1/s1. The molecule has 2 aliphatic carbocycles. The molecule has 1 aromatic rings. The van der Waals surface area contributed by atoms with Crippen LogP contribution < -0.4 is 26.3 Å². The van der Waals surface area contributed by atoms with Crippen molar-refractivity contribution in [1.29, 1.82) is 0 Å². The molecule has 17 heteroatoms. The topological polar surface area (TPSA) is 240 Å². The zero-order valence-corrected chi connectivity index (χ0v) is 30.2. The Balaban J connectivity index is 1.37. The third-order valence-electron chi connectivity index (χ3n) is 10.8. The molecule has 2 aliphatic heterocycles. The molecule has 52 heavy (non-hydrogen) atoms. The number of hydrogen-bond donors (Lipinski definition) is 5. The summed E-state index contributed by atoms with van der Waals surface area (Å²) in [6.45, 7) is 1.18. The Morgan fingerprint density at radius 3 is 2.58 bits per heavy atom. The Morgan fingerprint density at radius 1 is 1.19 bits per heavy atom. The molecule has 3 amide bonds. The summed E-state index contributed by atoms with van der Waals surface area (Å²) in [5, 5.41) is 24.4. The first kappa shape index (κ1) is 38.3. The number of aliphatic carboxylic acids is 1. The van der Waals surface area contributed by atoms with Gasteiger partial charge in [0.05, 0.1) is 24.7 Å². The number of nitrogens with one attached hydrogen (secondary N) is 1. The van der Waals surface area contributed by atoms with Gasteiger partial charge in [-0.3, -0.25) is 19.4 Å². The summed E-state index contributed by atoms with van der Waals surface area (Å²) in [5.41, 5.74) is 10.5. The van der Waals surface area contributed by atoms with E-state index in [2.05, 4.69) is 15.2 Å². The van der Waals surface area contributed by atoms with Crippen molar-refractivity contribution in [2.24, 2.45) is 22.4 Å². The lowest BCUT2D eigenvalue weighted by molar-refractivity contribution is -0.163. The summed E-state index contributed by atoms with van der Waals surface area (Å²) in [7, 11) is 6.17. The number of ketones is 1. The van der Waals surface area contributed by atoms with E-state index in [4.69, 9.17) is 25.7 Å². The summed E-state index contributed by atoms with van der Waals surface area (Å²) in [5.74, 6) is -2.67. The van der Waals surface area contributed by atoms with Crippen molar-refractivity contribution in [1.82, 2.24) is 20.0 Å². The number of carbonyl (C=O) groups excluding carboxylic acids is 4. The third kappa shape index (κ3) is 6.98. The van der Waals surface area contributed by atoms with E-state index in [1.807, 2.05) is 19.2 Å². The first-order valence-electron chi connectivity index (χ1n) is 17.3. The van der Waals surface area contributed by atoms with Crippen molar-refractivity contribution in [2.45, 2.75) is 74.7 Å².